The van der Waals surface area contributed by atoms with Gasteiger partial charge in [0.2, 0.25) is 0 Å². The number of aryl methyl sites for hydroxylation is 1. The summed E-state index contributed by atoms with van der Waals surface area (Å²) in [5, 5.41) is 5.97. The first-order valence-corrected chi connectivity index (χ1v) is 18.9. The predicted octanol–water partition coefficient (Wildman–Crippen LogP) is 14.5. The SMILES string of the molecule is [2H]c1c([2H])c([2H])c(-c2ccc3c(-c4ccc(-c5ccc(-n6c(CC)nc7ccccc76)cc5)cc4)c4ccccc4c(-c4cccc5oc6ccccc6c45)c3c2)c([2H])c1[2H]. The summed E-state index contributed by atoms with van der Waals surface area (Å²) in [6.07, 6.45) is 0.827. The van der Waals surface area contributed by atoms with Crippen LogP contribution in [0.1, 0.15) is 19.6 Å². The minimum atomic E-state index is -0.413. The fourth-order valence-corrected chi connectivity index (χ4v) is 8.55. The van der Waals surface area contributed by atoms with Gasteiger partial charge in [0.25, 0.3) is 0 Å². The Morgan fingerprint density at radius 3 is 1.93 bits per heavy atom. The van der Waals surface area contributed by atoms with Gasteiger partial charge in [-0.2, -0.15) is 0 Å². The van der Waals surface area contributed by atoms with Crippen LogP contribution in [-0.2, 0) is 6.42 Å². The summed E-state index contributed by atoms with van der Waals surface area (Å²) in [4.78, 5) is 4.87. The number of fused-ring (bicyclic) bond motifs is 6. The highest BCUT2D eigenvalue weighted by atomic mass is 16.3. The van der Waals surface area contributed by atoms with E-state index in [9.17, 15) is 0 Å². The topological polar surface area (TPSA) is 31.0 Å². The fraction of sp³-hybridized carbons (Fsp3) is 0.0377. The summed E-state index contributed by atoms with van der Waals surface area (Å²) in [6.45, 7) is 2.13. The second-order valence-corrected chi connectivity index (χ2v) is 14.2. The predicted molar refractivity (Wildman–Crippen MR) is 234 cm³/mol. The van der Waals surface area contributed by atoms with E-state index in [0.29, 0.717) is 5.56 Å². The number of para-hydroxylation sites is 3. The Morgan fingerprint density at radius 1 is 0.518 bits per heavy atom. The second-order valence-electron chi connectivity index (χ2n) is 14.2. The molecule has 0 unspecified atom stereocenters. The third kappa shape index (κ3) is 5.09. The van der Waals surface area contributed by atoms with Gasteiger partial charge in [0, 0.05) is 22.9 Å². The van der Waals surface area contributed by atoms with Gasteiger partial charge in [-0.3, -0.25) is 4.57 Å². The van der Waals surface area contributed by atoms with E-state index in [1.165, 1.54) is 0 Å². The fourth-order valence-electron chi connectivity index (χ4n) is 8.55. The lowest BCUT2D eigenvalue weighted by molar-refractivity contribution is 0.669. The van der Waals surface area contributed by atoms with Crippen molar-refractivity contribution in [2.75, 3.05) is 0 Å². The lowest BCUT2D eigenvalue weighted by Gasteiger charge is -2.19. The van der Waals surface area contributed by atoms with Crippen LogP contribution < -0.4 is 0 Å². The smallest absolute Gasteiger partial charge is 0.136 e. The molecule has 0 radical (unpaired) electrons. The molecule has 11 aromatic rings. The Labute approximate surface area is 331 Å². The monoisotopic (exact) mass is 721 g/mol. The summed E-state index contributed by atoms with van der Waals surface area (Å²) in [6, 6.07) is 52.5. The number of imidazole rings is 1. The largest absolute Gasteiger partial charge is 0.456 e. The van der Waals surface area contributed by atoms with E-state index in [4.69, 9.17) is 16.3 Å². The molecule has 0 aliphatic carbocycles. The summed E-state index contributed by atoms with van der Waals surface area (Å²) < 4.78 is 51.6. The van der Waals surface area contributed by atoms with Gasteiger partial charge >= 0.3 is 0 Å². The Hall–Kier alpha value is -7.23. The standard InChI is InChI=1S/C53H36N2O/c1-2-50-54-46-19-9-10-20-47(46)55(50)39-30-27-36(28-31-39)35-23-25-37(26-24-35)51-40-15-6-7-16-41(40)52(45-33-38(29-32-42(45)51)34-13-4-3-5-14-34)44-18-12-22-49-53(44)43-17-8-11-21-48(43)56-49/h3-33H,2H2,1H3/i3D,4D,5D,13D,14D. The molecule has 0 N–H and O–H groups in total. The molecule has 0 saturated heterocycles. The highest BCUT2D eigenvalue weighted by molar-refractivity contribution is 6.26. The molecule has 9 aromatic carbocycles. The maximum absolute atomic E-state index is 8.88. The highest BCUT2D eigenvalue weighted by Gasteiger charge is 2.21. The van der Waals surface area contributed by atoms with Crippen molar-refractivity contribution in [3.63, 3.8) is 0 Å². The third-order valence-electron chi connectivity index (χ3n) is 11.1. The molecule has 0 atom stereocenters. The number of benzene rings is 9. The first-order valence-electron chi connectivity index (χ1n) is 21.4. The lowest BCUT2D eigenvalue weighted by atomic mass is 9.83. The molecule has 0 aliphatic heterocycles. The van der Waals surface area contributed by atoms with Crippen LogP contribution in [0.5, 0.6) is 0 Å². The Morgan fingerprint density at radius 2 is 1.14 bits per heavy atom. The molecule has 264 valence electrons. The van der Waals surface area contributed by atoms with E-state index in [1.807, 2.05) is 54.6 Å². The van der Waals surface area contributed by atoms with E-state index in [0.717, 1.165) is 106 Å². The molecule has 2 aromatic heterocycles. The first kappa shape index (κ1) is 27.4. The Bertz CT molecular complexity index is 3540. The van der Waals surface area contributed by atoms with Crippen LogP contribution >= 0.6 is 0 Å². The zero-order chi connectivity index (χ0) is 41.5. The molecule has 3 nitrogen and oxygen atoms in total. The molecule has 3 heteroatoms. The van der Waals surface area contributed by atoms with Crippen molar-refractivity contribution < 1.29 is 11.3 Å². The van der Waals surface area contributed by atoms with Crippen molar-refractivity contribution in [2.45, 2.75) is 13.3 Å². The van der Waals surface area contributed by atoms with Crippen LogP contribution in [0.2, 0.25) is 0 Å². The molecule has 0 spiro atoms. The number of furan rings is 1. The van der Waals surface area contributed by atoms with Gasteiger partial charge in [-0.15, -0.1) is 0 Å². The van der Waals surface area contributed by atoms with Gasteiger partial charge < -0.3 is 4.42 Å². The van der Waals surface area contributed by atoms with Crippen LogP contribution in [0.15, 0.2) is 192 Å². The lowest BCUT2D eigenvalue weighted by Crippen LogP contribution is -1.99. The number of hydrogen-bond donors (Lipinski definition) is 0. The van der Waals surface area contributed by atoms with Gasteiger partial charge in [0.05, 0.1) is 17.9 Å². The number of hydrogen-bond acceptors (Lipinski definition) is 2. The Balaban J connectivity index is 1.12. The third-order valence-corrected chi connectivity index (χ3v) is 11.1. The minimum absolute atomic E-state index is 0.169. The first-order chi connectivity index (χ1) is 29.8. The number of aromatic nitrogens is 2. The van der Waals surface area contributed by atoms with Crippen molar-refractivity contribution in [2.24, 2.45) is 0 Å². The molecule has 0 fully saturated rings. The molecule has 11 rings (SSSR count). The maximum atomic E-state index is 8.88. The number of rotatable bonds is 6. The molecule has 0 aliphatic rings. The van der Waals surface area contributed by atoms with E-state index >= 15 is 0 Å². The highest BCUT2D eigenvalue weighted by Crippen LogP contribution is 2.48. The van der Waals surface area contributed by atoms with Crippen LogP contribution in [0.3, 0.4) is 0 Å². The van der Waals surface area contributed by atoms with E-state index in [2.05, 4.69) is 115 Å². The van der Waals surface area contributed by atoms with Crippen molar-refractivity contribution >= 4 is 54.5 Å². The quantitative estimate of drug-likeness (QED) is 0.160. The van der Waals surface area contributed by atoms with Gasteiger partial charge in [0.1, 0.15) is 17.0 Å². The Kier molecular flexibility index (Phi) is 6.34. The van der Waals surface area contributed by atoms with Crippen LogP contribution in [0.25, 0.3) is 105 Å². The van der Waals surface area contributed by atoms with Gasteiger partial charge in [-0.1, -0.05) is 152 Å². The van der Waals surface area contributed by atoms with Gasteiger partial charge in [0.15, 0.2) is 0 Å². The molecular formula is C53H36N2O. The van der Waals surface area contributed by atoms with Crippen molar-refractivity contribution in [1.82, 2.24) is 9.55 Å². The zero-order valence-electron chi connectivity index (χ0n) is 35.5. The zero-order valence-corrected chi connectivity index (χ0v) is 30.5. The average Bonchev–Trinajstić information content (AvgIpc) is 3.88. The second kappa shape index (κ2) is 13.0. The summed E-state index contributed by atoms with van der Waals surface area (Å²) in [7, 11) is 0. The van der Waals surface area contributed by atoms with Gasteiger partial charge in [-0.25, -0.2) is 4.98 Å². The van der Waals surface area contributed by atoms with E-state index < -0.39 is 6.04 Å². The normalized spacial score (nSPS) is 13.0. The van der Waals surface area contributed by atoms with Crippen molar-refractivity contribution in [3.8, 4) is 50.2 Å². The summed E-state index contributed by atoms with van der Waals surface area (Å²) >= 11 is 0. The summed E-state index contributed by atoms with van der Waals surface area (Å²) in [5.41, 5.74) is 11.7. The van der Waals surface area contributed by atoms with Gasteiger partial charge in [-0.05, 0) is 109 Å². The van der Waals surface area contributed by atoms with Crippen LogP contribution in [0.4, 0.5) is 0 Å². The molecule has 0 amide bonds. The van der Waals surface area contributed by atoms with Crippen LogP contribution in [-0.4, -0.2) is 9.55 Å². The minimum Gasteiger partial charge on any atom is -0.456 e. The molecule has 2 heterocycles. The number of nitrogens with zero attached hydrogens (tertiary/aromatic N) is 2. The van der Waals surface area contributed by atoms with Crippen molar-refractivity contribution in [1.29, 1.82) is 0 Å². The van der Waals surface area contributed by atoms with E-state index in [-0.39, 0.29) is 29.7 Å². The van der Waals surface area contributed by atoms with Crippen LogP contribution in [0, 0.1) is 0 Å². The average molecular weight is 722 g/mol. The van der Waals surface area contributed by atoms with E-state index in [1.54, 1.807) is 0 Å². The maximum Gasteiger partial charge on any atom is 0.136 e. The molecule has 0 bridgehead atoms. The molecule has 56 heavy (non-hydrogen) atoms. The summed E-state index contributed by atoms with van der Waals surface area (Å²) in [5.74, 6) is 1.03. The van der Waals surface area contributed by atoms with Crippen molar-refractivity contribution in [3.05, 3.63) is 194 Å². The molecule has 0 saturated carbocycles. The molecular weight excluding hydrogens is 681 g/mol.